The largest absolute Gasteiger partial charge is 0.600 e. The van der Waals surface area contributed by atoms with Crippen LogP contribution in [0, 0.1) is 17.0 Å². The second-order valence-electron chi connectivity index (χ2n) is 7.05. The molecule has 1 saturated heterocycles. The summed E-state index contributed by atoms with van der Waals surface area (Å²) in [4.78, 5) is 14.0. The van der Waals surface area contributed by atoms with Crippen molar-refractivity contribution in [2.24, 2.45) is 11.8 Å². The number of alkyl halides is 1. The van der Waals surface area contributed by atoms with Gasteiger partial charge in [-0.2, -0.15) is 0 Å². The average Bonchev–Trinajstić information content (AvgIpc) is 2.42. The zero-order chi connectivity index (χ0) is 15.6. The number of likely N-dealkylation sites (tertiary alicyclic amines) is 1. The van der Waals surface area contributed by atoms with E-state index in [4.69, 9.17) is 0 Å². The van der Waals surface area contributed by atoms with Crippen molar-refractivity contribution in [1.29, 1.82) is 0 Å². The number of hydrogen-bond acceptors (Lipinski definition) is 3. The van der Waals surface area contributed by atoms with E-state index in [-0.39, 0.29) is 15.9 Å². The molecule has 0 aromatic heterocycles. The van der Waals surface area contributed by atoms with Crippen LogP contribution in [0.15, 0.2) is 0 Å². The maximum Gasteiger partial charge on any atom is 0.190 e. The van der Waals surface area contributed by atoms with Crippen molar-refractivity contribution in [2.75, 3.05) is 13.1 Å². The Morgan fingerprint density at radius 2 is 2.05 bits per heavy atom. The summed E-state index contributed by atoms with van der Waals surface area (Å²) in [6.45, 7) is 6.20. The number of rotatable bonds is 4. The van der Waals surface area contributed by atoms with Gasteiger partial charge in [0.15, 0.2) is 5.78 Å². The highest BCUT2D eigenvalue weighted by atomic mass is 127. The SMILES string of the molecule is CC1CC[NH+](CC(=O)C2CCC(I)C([NH+]([O-])O)C2)C(C)C1. The molecule has 3 N–H and O–H groups in total. The lowest BCUT2D eigenvalue weighted by Crippen LogP contribution is -3.17. The van der Waals surface area contributed by atoms with Gasteiger partial charge in [-0.25, -0.2) is 10.4 Å². The van der Waals surface area contributed by atoms with Crippen molar-refractivity contribution in [3.63, 3.8) is 0 Å². The van der Waals surface area contributed by atoms with Gasteiger partial charge in [0, 0.05) is 18.8 Å². The van der Waals surface area contributed by atoms with Crippen molar-refractivity contribution in [1.82, 2.24) is 0 Å². The molecule has 6 heteroatoms. The first-order valence-corrected chi connectivity index (χ1v) is 9.37. The van der Waals surface area contributed by atoms with Gasteiger partial charge in [-0.3, -0.25) is 4.79 Å². The van der Waals surface area contributed by atoms with Gasteiger partial charge >= 0.3 is 0 Å². The van der Waals surface area contributed by atoms with E-state index >= 15 is 0 Å². The molecule has 2 fully saturated rings. The Kier molecular flexibility index (Phi) is 6.43. The first kappa shape index (κ1) is 17.6. The van der Waals surface area contributed by atoms with Gasteiger partial charge in [0.25, 0.3) is 0 Å². The minimum Gasteiger partial charge on any atom is -0.600 e. The van der Waals surface area contributed by atoms with E-state index in [9.17, 15) is 15.2 Å². The number of ketones is 1. The standard InChI is InChI=1S/C15H27IN2O3/c1-10-5-6-17(11(2)7-10)9-15(19)12-3-4-13(16)14(8-12)18(20)21/h10-14,18,20H,3-9H2,1-2H3/p+1. The van der Waals surface area contributed by atoms with E-state index in [1.54, 1.807) is 0 Å². The number of carbonyl (C=O) groups is 1. The van der Waals surface area contributed by atoms with Crippen LogP contribution in [-0.4, -0.2) is 40.1 Å². The topological polar surface area (TPSA) is 69.2 Å². The summed E-state index contributed by atoms with van der Waals surface area (Å²) >= 11 is 2.23. The van der Waals surface area contributed by atoms with E-state index in [0.29, 0.717) is 24.8 Å². The van der Waals surface area contributed by atoms with Crippen LogP contribution in [0.25, 0.3) is 0 Å². The molecular formula is C15H28IN2O3+. The van der Waals surface area contributed by atoms with Crippen LogP contribution < -0.4 is 10.1 Å². The number of Topliss-reactive ketones (excluding diaryl/α,β-unsaturated/α-hetero) is 1. The van der Waals surface area contributed by atoms with Crippen LogP contribution in [0.1, 0.15) is 46.0 Å². The van der Waals surface area contributed by atoms with Gasteiger partial charge < -0.3 is 10.1 Å². The summed E-state index contributed by atoms with van der Waals surface area (Å²) < 4.78 is 0.172. The smallest absolute Gasteiger partial charge is 0.190 e. The van der Waals surface area contributed by atoms with Crippen LogP contribution in [-0.2, 0) is 4.79 Å². The van der Waals surface area contributed by atoms with Crippen LogP contribution in [0.4, 0.5) is 0 Å². The van der Waals surface area contributed by atoms with E-state index < -0.39 is 5.23 Å². The number of hydroxylamine groups is 2. The summed E-state index contributed by atoms with van der Waals surface area (Å²) in [5.41, 5.74) is 0. The van der Waals surface area contributed by atoms with Crippen LogP contribution in [0.2, 0.25) is 0 Å². The van der Waals surface area contributed by atoms with Gasteiger partial charge in [0.2, 0.25) is 0 Å². The lowest BCUT2D eigenvalue weighted by Gasteiger charge is -2.37. The van der Waals surface area contributed by atoms with Gasteiger partial charge in [0.05, 0.1) is 16.5 Å². The third-order valence-electron chi connectivity index (χ3n) is 5.35. The number of nitrogens with one attached hydrogen (secondary N) is 2. The van der Waals surface area contributed by atoms with Gasteiger partial charge in [-0.1, -0.05) is 29.5 Å². The number of halogens is 1. The lowest BCUT2D eigenvalue weighted by molar-refractivity contribution is -1.07. The monoisotopic (exact) mass is 411 g/mol. The zero-order valence-corrected chi connectivity index (χ0v) is 15.1. The predicted octanol–water partition coefficient (Wildman–Crippen LogP) is 0.00300. The fourth-order valence-electron chi connectivity index (χ4n) is 3.88. The molecule has 2 rings (SSSR count). The molecule has 7 unspecified atom stereocenters. The minimum absolute atomic E-state index is 0.0313. The molecule has 0 aromatic rings. The molecule has 0 spiro atoms. The number of carbonyl (C=O) groups excluding carboxylic acids is 1. The molecule has 2 aliphatic rings. The van der Waals surface area contributed by atoms with Crippen molar-refractivity contribution in [3.05, 3.63) is 5.21 Å². The first-order valence-electron chi connectivity index (χ1n) is 8.12. The number of piperidine rings is 1. The van der Waals surface area contributed by atoms with Gasteiger partial charge in [0.1, 0.15) is 12.6 Å². The maximum absolute atomic E-state index is 12.6. The minimum atomic E-state index is -0.737. The molecule has 1 aliphatic heterocycles. The van der Waals surface area contributed by atoms with E-state index in [2.05, 4.69) is 36.4 Å². The maximum atomic E-state index is 12.6. The highest BCUT2D eigenvalue weighted by molar-refractivity contribution is 14.1. The lowest BCUT2D eigenvalue weighted by atomic mass is 9.82. The van der Waals surface area contributed by atoms with E-state index in [1.165, 1.54) is 17.7 Å². The molecule has 5 nitrogen and oxygen atoms in total. The molecule has 1 aliphatic carbocycles. The highest BCUT2D eigenvalue weighted by Gasteiger charge is 2.38. The summed E-state index contributed by atoms with van der Waals surface area (Å²) in [7, 11) is 0. The summed E-state index contributed by atoms with van der Waals surface area (Å²) in [6.07, 6.45) is 4.66. The Bertz CT molecular complexity index is 367. The Balaban J connectivity index is 1.88. The normalized spacial score (nSPS) is 42.5. The Morgan fingerprint density at radius 1 is 1.33 bits per heavy atom. The van der Waals surface area contributed by atoms with Crippen molar-refractivity contribution in [3.8, 4) is 0 Å². The highest BCUT2D eigenvalue weighted by Crippen LogP contribution is 2.28. The van der Waals surface area contributed by atoms with Crippen LogP contribution >= 0.6 is 22.6 Å². The Morgan fingerprint density at radius 3 is 2.67 bits per heavy atom. The van der Waals surface area contributed by atoms with Crippen molar-refractivity contribution in [2.45, 2.75) is 62.0 Å². The molecule has 0 aromatic carbocycles. The van der Waals surface area contributed by atoms with E-state index in [1.807, 2.05) is 0 Å². The van der Waals surface area contributed by atoms with E-state index in [0.717, 1.165) is 25.3 Å². The Hall–Kier alpha value is 0.240. The summed E-state index contributed by atoms with van der Waals surface area (Å²) in [5.74, 6) is 1.03. The van der Waals surface area contributed by atoms with Gasteiger partial charge in [-0.05, 0) is 32.1 Å². The quantitative estimate of drug-likeness (QED) is 0.347. The molecule has 0 amide bonds. The van der Waals surface area contributed by atoms with Crippen molar-refractivity contribution >= 4 is 28.4 Å². The molecule has 122 valence electrons. The molecule has 1 heterocycles. The molecule has 0 bridgehead atoms. The number of hydrogen-bond donors (Lipinski definition) is 3. The van der Waals surface area contributed by atoms with Gasteiger partial charge in [-0.15, -0.1) is 0 Å². The fourth-order valence-corrected chi connectivity index (χ4v) is 4.84. The Labute approximate surface area is 140 Å². The summed E-state index contributed by atoms with van der Waals surface area (Å²) in [5, 5.41) is 19.8. The second kappa shape index (κ2) is 7.68. The third kappa shape index (κ3) is 4.60. The molecule has 7 atom stereocenters. The fraction of sp³-hybridized carbons (Fsp3) is 0.933. The molecular weight excluding hydrogens is 383 g/mol. The summed E-state index contributed by atoms with van der Waals surface area (Å²) in [6, 6.07) is 0.205. The van der Waals surface area contributed by atoms with Crippen LogP contribution in [0.3, 0.4) is 0 Å². The molecule has 21 heavy (non-hydrogen) atoms. The third-order valence-corrected chi connectivity index (χ3v) is 6.84. The van der Waals surface area contributed by atoms with Crippen LogP contribution in [0.5, 0.6) is 0 Å². The average molecular weight is 411 g/mol. The first-order chi connectivity index (χ1) is 9.88. The van der Waals surface area contributed by atoms with Crippen molar-refractivity contribution < 1.29 is 20.1 Å². The predicted molar refractivity (Wildman–Crippen MR) is 88.6 cm³/mol. The number of quaternary nitrogens is 2. The second-order valence-corrected chi connectivity index (χ2v) is 8.65. The molecule has 0 radical (unpaired) electrons. The molecule has 1 saturated carbocycles. The zero-order valence-electron chi connectivity index (χ0n) is 13.0.